The number of ether oxygens (including phenoxy) is 1. The maximum atomic E-state index is 13.3. The zero-order chi connectivity index (χ0) is 24.4. The van der Waals surface area contributed by atoms with E-state index in [9.17, 15) is 9.59 Å². The maximum absolute atomic E-state index is 13.3. The molecule has 0 spiro atoms. The van der Waals surface area contributed by atoms with Gasteiger partial charge in [-0.1, -0.05) is 30.3 Å². The molecule has 2 aliphatic heterocycles. The van der Waals surface area contributed by atoms with Crippen LogP contribution in [0.3, 0.4) is 0 Å². The van der Waals surface area contributed by atoms with E-state index in [1.807, 2.05) is 36.4 Å². The zero-order valence-electron chi connectivity index (χ0n) is 19.8. The Bertz CT molecular complexity index is 1230. The molecule has 1 atom stereocenters. The lowest BCUT2D eigenvalue weighted by molar-refractivity contribution is -0.119. The van der Waals surface area contributed by atoms with Gasteiger partial charge in [0.1, 0.15) is 18.1 Å². The molecule has 1 saturated heterocycles. The number of likely N-dealkylation sites (N-methyl/N-ethyl adjacent to an activating group) is 1. The van der Waals surface area contributed by atoms with Crippen molar-refractivity contribution in [3.05, 3.63) is 60.2 Å². The summed E-state index contributed by atoms with van der Waals surface area (Å²) in [6.45, 7) is 2.51. The number of nitrogens with one attached hydrogen (secondary N) is 1. The maximum Gasteiger partial charge on any atom is 0.291 e. The summed E-state index contributed by atoms with van der Waals surface area (Å²) < 4.78 is 7.28. The molecule has 0 saturated carbocycles. The van der Waals surface area contributed by atoms with E-state index in [0.717, 1.165) is 53.5 Å². The van der Waals surface area contributed by atoms with Crippen LogP contribution in [0.1, 0.15) is 29.0 Å². The quantitative estimate of drug-likeness (QED) is 0.566. The molecule has 10 heteroatoms. The highest BCUT2D eigenvalue weighted by Crippen LogP contribution is 2.43. The third kappa shape index (κ3) is 4.84. The highest BCUT2D eigenvalue weighted by atomic mass is 32.2. The summed E-state index contributed by atoms with van der Waals surface area (Å²) in [6.07, 6.45) is 3.85. The van der Waals surface area contributed by atoms with Crippen molar-refractivity contribution in [3.63, 3.8) is 0 Å². The summed E-state index contributed by atoms with van der Waals surface area (Å²) >= 11 is 1.56. The molecule has 2 amide bonds. The summed E-state index contributed by atoms with van der Waals surface area (Å²) in [6, 6.07) is 13.1. The zero-order valence-corrected chi connectivity index (χ0v) is 20.6. The molecule has 3 aromatic rings. The number of amides is 2. The topological polar surface area (TPSA) is 92.6 Å². The van der Waals surface area contributed by atoms with Gasteiger partial charge in [0.25, 0.3) is 5.91 Å². The van der Waals surface area contributed by atoms with Gasteiger partial charge in [-0.15, -0.1) is 16.9 Å². The average molecular weight is 493 g/mol. The van der Waals surface area contributed by atoms with E-state index in [4.69, 9.17) is 4.74 Å². The fourth-order valence-corrected chi connectivity index (χ4v) is 5.56. The molecule has 2 aromatic carbocycles. The van der Waals surface area contributed by atoms with Crippen molar-refractivity contribution in [1.29, 1.82) is 0 Å². The van der Waals surface area contributed by atoms with Gasteiger partial charge in [-0.25, -0.2) is 9.67 Å². The van der Waals surface area contributed by atoms with Crippen molar-refractivity contribution in [2.45, 2.75) is 30.3 Å². The molecule has 0 bridgehead atoms. The van der Waals surface area contributed by atoms with Crippen LogP contribution in [0.5, 0.6) is 5.75 Å². The molecule has 35 heavy (non-hydrogen) atoms. The second kappa shape index (κ2) is 9.99. The smallest absolute Gasteiger partial charge is 0.291 e. The number of rotatable bonds is 6. The molecule has 5 rings (SSSR count). The number of carbonyl (C=O) groups excluding carboxylic acids is 2. The Labute approximate surface area is 208 Å². The van der Waals surface area contributed by atoms with Gasteiger partial charge in [0.05, 0.1) is 25.0 Å². The van der Waals surface area contributed by atoms with Crippen LogP contribution in [0.25, 0.3) is 0 Å². The van der Waals surface area contributed by atoms with E-state index in [0.29, 0.717) is 12.3 Å². The minimum atomic E-state index is -0.702. The Balaban J connectivity index is 1.31. The Hall–Kier alpha value is -3.53. The lowest BCUT2D eigenvalue weighted by Gasteiger charge is -2.25. The summed E-state index contributed by atoms with van der Waals surface area (Å²) in [4.78, 5) is 35.2. The van der Waals surface area contributed by atoms with E-state index in [1.54, 1.807) is 35.5 Å². The van der Waals surface area contributed by atoms with Gasteiger partial charge in [-0.3, -0.25) is 9.59 Å². The standard InChI is InChI=1S/C25H28N6O3S/c1-29-20-12-21(34-2)19(30-10-6-7-11-30)13-22(20)35-15-18(25(29)33)27-24(32)23-26-16-31(28-23)14-17-8-4-3-5-9-17/h3-5,8-9,12-13,16,18H,6-7,10-11,14-15H2,1-2H3,(H,27,32)/t18-/m0/s1. The van der Waals surface area contributed by atoms with E-state index < -0.39 is 11.9 Å². The van der Waals surface area contributed by atoms with E-state index >= 15 is 0 Å². The molecule has 0 aliphatic carbocycles. The second-order valence-electron chi connectivity index (χ2n) is 8.67. The Morgan fingerprint density at radius 3 is 2.69 bits per heavy atom. The number of hydrogen-bond acceptors (Lipinski definition) is 7. The number of fused-ring (bicyclic) bond motifs is 1. The monoisotopic (exact) mass is 492 g/mol. The third-order valence-electron chi connectivity index (χ3n) is 6.34. The summed E-state index contributed by atoms with van der Waals surface area (Å²) in [7, 11) is 3.38. The van der Waals surface area contributed by atoms with Crippen molar-refractivity contribution < 1.29 is 14.3 Å². The number of nitrogens with zero attached hydrogens (tertiary/aromatic N) is 5. The SMILES string of the molecule is COc1cc2c(cc1N1CCCC1)SC[C@H](NC(=O)c1ncn(Cc3ccccc3)n1)C(=O)N2C. The molecule has 0 unspecified atom stereocenters. The van der Waals surface area contributed by atoms with Gasteiger partial charge in [-0.05, 0) is 24.5 Å². The molecular formula is C25H28N6O3S. The number of carbonyl (C=O) groups is 2. The van der Waals surface area contributed by atoms with Crippen LogP contribution in [0, 0.1) is 0 Å². The van der Waals surface area contributed by atoms with Crippen LogP contribution in [-0.2, 0) is 11.3 Å². The molecule has 1 aromatic heterocycles. The Morgan fingerprint density at radius 2 is 1.94 bits per heavy atom. The molecule has 1 N–H and O–H groups in total. The van der Waals surface area contributed by atoms with Crippen LogP contribution in [0.15, 0.2) is 53.7 Å². The van der Waals surface area contributed by atoms with Crippen LogP contribution in [0.4, 0.5) is 11.4 Å². The predicted octanol–water partition coefficient (Wildman–Crippen LogP) is 2.80. The van der Waals surface area contributed by atoms with Crippen LogP contribution >= 0.6 is 11.8 Å². The highest BCUT2D eigenvalue weighted by Gasteiger charge is 2.32. The molecule has 182 valence electrons. The van der Waals surface area contributed by atoms with E-state index in [2.05, 4.69) is 26.4 Å². The van der Waals surface area contributed by atoms with Crippen molar-refractivity contribution in [2.24, 2.45) is 0 Å². The number of benzene rings is 2. The molecule has 2 aliphatic rings. The number of anilines is 2. The van der Waals surface area contributed by atoms with Crippen molar-refractivity contribution in [2.75, 3.05) is 42.8 Å². The minimum Gasteiger partial charge on any atom is -0.495 e. The highest BCUT2D eigenvalue weighted by molar-refractivity contribution is 7.99. The van der Waals surface area contributed by atoms with Gasteiger partial charge < -0.3 is 19.9 Å². The van der Waals surface area contributed by atoms with Gasteiger partial charge in [0.2, 0.25) is 11.7 Å². The largest absolute Gasteiger partial charge is 0.495 e. The second-order valence-corrected chi connectivity index (χ2v) is 9.73. The first-order valence-corrected chi connectivity index (χ1v) is 12.6. The first-order chi connectivity index (χ1) is 17.0. The van der Waals surface area contributed by atoms with E-state index in [1.165, 1.54) is 6.33 Å². The fourth-order valence-electron chi connectivity index (χ4n) is 4.45. The normalized spacial score (nSPS) is 17.8. The third-order valence-corrected chi connectivity index (χ3v) is 7.47. The first-order valence-electron chi connectivity index (χ1n) is 11.6. The molecule has 1 fully saturated rings. The number of thioether (sulfide) groups is 1. The lowest BCUT2D eigenvalue weighted by Crippen LogP contribution is -2.48. The number of methoxy groups -OCH3 is 1. The Morgan fingerprint density at radius 1 is 1.17 bits per heavy atom. The summed E-state index contributed by atoms with van der Waals surface area (Å²) in [5.74, 6) is 0.552. The lowest BCUT2D eigenvalue weighted by atomic mass is 10.2. The van der Waals surface area contributed by atoms with Crippen molar-refractivity contribution in [3.8, 4) is 5.75 Å². The fraction of sp³-hybridized carbons (Fsp3) is 0.360. The molecule has 3 heterocycles. The van der Waals surface area contributed by atoms with Gasteiger partial charge in [-0.2, -0.15) is 0 Å². The van der Waals surface area contributed by atoms with Crippen molar-refractivity contribution >= 4 is 35.0 Å². The number of hydrogen-bond donors (Lipinski definition) is 1. The summed E-state index contributed by atoms with van der Waals surface area (Å²) in [5, 5.41) is 7.13. The van der Waals surface area contributed by atoms with Crippen molar-refractivity contribution in [1.82, 2.24) is 20.1 Å². The number of aromatic nitrogens is 3. The van der Waals surface area contributed by atoms with Gasteiger partial charge >= 0.3 is 0 Å². The van der Waals surface area contributed by atoms with Crippen LogP contribution < -0.4 is 19.9 Å². The average Bonchev–Trinajstić information content (AvgIpc) is 3.56. The first kappa shape index (κ1) is 23.2. The molecular weight excluding hydrogens is 464 g/mol. The van der Waals surface area contributed by atoms with Gasteiger partial charge in [0, 0.05) is 36.9 Å². The summed E-state index contributed by atoms with van der Waals surface area (Å²) in [5.41, 5.74) is 2.89. The van der Waals surface area contributed by atoms with Crippen LogP contribution in [0.2, 0.25) is 0 Å². The van der Waals surface area contributed by atoms with E-state index in [-0.39, 0.29) is 11.7 Å². The van der Waals surface area contributed by atoms with Crippen LogP contribution in [-0.4, -0.2) is 65.6 Å². The molecule has 0 radical (unpaired) electrons. The van der Waals surface area contributed by atoms with Gasteiger partial charge in [0.15, 0.2) is 0 Å². The predicted molar refractivity (Wildman–Crippen MR) is 135 cm³/mol. The Kier molecular flexibility index (Phi) is 6.63. The molecule has 9 nitrogen and oxygen atoms in total. The minimum absolute atomic E-state index is 0.0427.